The minimum absolute atomic E-state index is 0.158. The lowest BCUT2D eigenvalue weighted by molar-refractivity contribution is -0.136. The van der Waals surface area contributed by atoms with Gasteiger partial charge in [0.2, 0.25) is 5.72 Å². The molecule has 2 aromatic heterocycles. The van der Waals surface area contributed by atoms with Gasteiger partial charge in [-0.15, -0.1) is 11.3 Å². The number of benzene rings is 1. The zero-order valence-corrected chi connectivity index (χ0v) is 14.8. The third kappa shape index (κ3) is 2.88. The van der Waals surface area contributed by atoms with Gasteiger partial charge in [0.05, 0.1) is 28.3 Å². The summed E-state index contributed by atoms with van der Waals surface area (Å²) in [6.07, 6.45) is 1.47. The van der Waals surface area contributed by atoms with Crippen LogP contribution in [0.5, 0.6) is 0 Å². The number of hydrogen-bond donors (Lipinski definition) is 2. The van der Waals surface area contributed by atoms with E-state index in [0.717, 1.165) is 21.4 Å². The van der Waals surface area contributed by atoms with E-state index in [1.165, 1.54) is 11.3 Å². The molecule has 0 fully saturated rings. The van der Waals surface area contributed by atoms with E-state index in [1.807, 2.05) is 31.2 Å². The van der Waals surface area contributed by atoms with Crippen molar-refractivity contribution in [2.75, 3.05) is 0 Å². The topological polar surface area (TPSA) is 71.7 Å². The standard InChI is InChI=1S/C18H14ClNO4S/c1-18(11-2-3-14-10(6-11)4-5-23-14)20-13(8-16(21)22)17(24-18)15-7-12(19)9-25-15/h2-7,9,20H,8H2,1H3,(H,21,22). The molecule has 5 nitrogen and oxygen atoms in total. The minimum atomic E-state index is -0.930. The molecule has 4 rings (SSSR count). The molecule has 0 saturated carbocycles. The first-order valence-corrected chi connectivity index (χ1v) is 8.85. The molecule has 0 aliphatic carbocycles. The molecule has 0 bridgehead atoms. The van der Waals surface area contributed by atoms with E-state index in [-0.39, 0.29) is 6.42 Å². The first kappa shape index (κ1) is 16.1. The number of ether oxygens (including phenoxy) is 1. The highest BCUT2D eigenvalue weighted by Crippen LogP contribution is 2.41. The van der Waals surface area contributed by atoms with Crippen molar-refractivity contribution in [1.82, 2.24) is 5.32 Å². The third-order valence-corrected chi connectivity index (χ3v) is 5.37. The molecule has 0 saturated heterocycles. The van der Waals surface area contributed by atoms with Crippen LogP contribution in [0.1, 0.15) is 23.8 Å². The molecule has 1 unspecified atom stereocenters. The second kappa shape index (κ2) is 5.82. The molecular formula is C18H14ClNO4S. The zero-order chi connectivity index (χ0) is 17.6. The lowest BCUT2D eigenvalue weighted by Crippen LogP contribution is -2.36. The van der Waals surface area contributed by atoms with Crippen LogP contribution in [-0.2, 0) is 15.3 Å². The summed E-state index contributed by atoms with van der Waals surface area (Å²) in [7, 11) is 0. The number of carboxylic acids is 1. The summed E-state index contributed by atoms with van der Waals surface area (Å²) in [5.41, 5.74) is 1.32. The normalized spacial score (nSPS) is 19.9. The van der Waals surface area contributed by atoms with Gasteiger partial charge in [0.25, 0.3) is 0 Å². The molecule has 3 aromatic rings. The van der Waals surface area contributed by atoms with E-state index in [9.17, 15) is 9.90 Å². The lowest BCUT2D eigenvalue weighted by Gasteiger charge is -2.26. The second-order valence-corrected chi connectivity index (χ2v) is 7.29. The Morgan fingerprint density at radius 2 is 2.20 bits per heavy atom. The van der Waals surface area contributed by atoms with Gasteiger partial charge in [-0.2, -0.15) is 0 Å². The van der Waals surface area contributed by atoms with Gasteiger partial charge in [0.1, 0.15) is 5.58 Å². The molecule has 1 aliphatic heterocycles. The molecule has 128 valence electrons. The van der Waals surface area contributed by atoms with Crippen molar-refractivity contribution in [2.45, 2.75) is 19.1 Å². The number of aliphatic carboxylic acids is 1. The quantitative estimate of drug-likeness (QED) is 0.686. The summed E-state index contributed by atoms with van der Waals surface area (Å²) in [6.45, 7) is 1.87. The van der Waals surface area contributed by atoms with Crippen molar-refractivity contribution >= 4 is 45.6 Å². The van der Waals surface area contributed by atoms with Gasteiger partial charge in [-0.05, 0) is 37.3 Å². The van der Waals surface area contributed by atoms with E-state index in [2.05, 4.69) is 5.32 Å². The summed E-state index contributed by atoms with van der Waals surface area (Å²) < 4.78 is 11.6. The first-order valence-electron chi connectivity index (χ1n) is 7.59. The SMILES string of the molecule is CC1(c2ccc3occc3c2)NC(CC(=O)O)=C(c2cc(Cl)cs2)O1. The fourth-order valence-electron chi connectivity index (χ4n) is 2.94. The van der Waals surface area contributed by atoms with Crippen LogP contribution < -0.4 is 5.32 Å². The van der Waals surface area contributed by atoms with E-state index in [0.29, 0.717) is 16.5 Å². The maximum Gasteiger partial charge on any atom is 0.309 e. The molecule has 3 heterocycles. The van der Waals surface area contributed by atoms with E-state index >= 15 is 0 Å². The number of fused-ring (bicyclic) bond motifs is 1. The largest absolute Gasteiger partial charge is 0.481 e. The van der Waals surface area contributed by atoms with Crippen LogP contribution in [0.4, 0.5) is 0 Å². The Kier molecular flexibility index (Phi) is 3.74. The van der Waals surface area contributed by atoms with Crippen molar-refractivity contribution in [3.63, 3.8) is 0 Å². The van der Waals surface area contributed by atoms with Gasteiger partial charge < -0.3 is 19.6 Å². The molecule has 1 aromatic carbocycles. The molecule has 1 atom stereocenters. The van der Waals surface area contributed by atoms with Crippen LogP contribution in [-0.4, -0.2) is 11.1 Å². The van der Waals surface area contributed by atoms with Gasteiger partial charge in [-0.25, -0.2) is 0 Å². The average Bonchev–Trinajstić information content (AvgIpc) is 3.25. The van der Waals surface area contributed by atoms with Gasteiger partial charge in [0.15, 0.2) is 5.76 Å². The second-order valence-electron chi connectivity index (χ2n) is 5.94. The van der Waals surface area contributed by atoms with E-state index in [4.69, 9.17) is 20.8 Å². The minimum Gasteiger partial charge on any atom is -0.481 e. The van der Waals surface area contributed by atoms with Crippen LogP contribution in [0.2, 0.25) is 5.02 Å². The molecule has 0 amide bonds. The van der Waals surface area contributed by atoms with Gasteiger partial charge in [-0.3, -0.25) is 4.79 Å². The predicted molar refractivity (Wildman–Crippen MR) is 96.3 cm³/mol. The van der Waals surface area contributed by atoms with Crippen LogP contribution in [0, 0.1) is 0 Å². The van der Waals surface area contributed by atoms with Crippen molar-refractivity contribution in [1.29, 1.82) is 0 Å². The molecule has 2 N–H and O–H groups in total. The number of carboxylic acid groups (broad SMARTS) is 1. The lowest BCUT2D eigenvalue weighted by atomic mass is 10.0. The van der Waals surface area contributed by atoms with Crippen molar-refractivity contribution < 1.29 is 19.1 Å². The van der Waals surface area contributed by atoms with Gasteiger partial charge in [0, 0.05) is 16.3 Å². The highest BCUT2D eigenvalue weighted by molar-refractivity contribution is 7.11. The van der Waals surface area contributed by atoms with Crippen molar-refractivity contribution in [3.8, 4) is 0 Å². The summed E-state index contributed by atoms with van der Waals surface area (Å²) in [4.78, 5) is 12.1. The fourth-order valence-corrected chi connectivity index (χ4v) is 4.02. The molecule has 0 radical (unpaired) electrons. The first-order chi connectivity index (χ1) is 11.9. The number of hydrogen-bond acceptors (Lipinski definition) is 5. The van der Waals surface area contributed by atoms with Crippen LogP contribution in [0.15, 0.2) is 52.1 Å². The van der Waals surface area contributed by atoms with Gasteiger partial charge >= 0.3 is 5.97 Å². The Morgan fingerprint density at radius 1 is 1.36 bits per heavy atom. The van der Waals surface area contributed by atoms with Crippen molar-refractivity contribution in [2.24, 2.45) is 0 Å². The monoisotopic (exact) mass is 375 g/mol. The Balaban J connectivity index is 1.74. The zero-order valence-electron chi connectivity index (χ0n) is 13.2. The molecule has 0 spiro atoms. The van der Waals surface area contributed by atoms with Crippen molar-refractivity contribution in [3.05, 3.63) is 63.1 Å². The molecule has 25 heavy (non-hydrogen) atoms. The highest BCUT2D eigenvalue weighted by Gasteiger charge is 2.39. The van der Waals surface area contributed by atoms with E-state index < -0.39 is 11.7 Å². The van der Waals surface area contributed by atoms with Crippen LogP contribution in [0.3, 0.4) is 0 Å². The summed E-state index contributed by atoms with van der Waals surface area (Å²) in [5.74, 6) is -0.408. The smallest absolute Gasteiger partial charge is 0.309 e. The summed E-state index contributed by atoms with van der Waals surface area (Å²) >= 11 is 7.43. The number of rotatable bonds is 4. The summed E-state index contributed by atoms with van der Waals surface area (Å²) in [5, 5.41) is 15.8. The van der Waals surface area contributed by atoms with Crippen LogP contribution in [0.25, 0.3) is 16.7 Å². The number of carbonyl (C=O) groups is 1. The Hall–Kier alpha value is -2.44. The maximum atomic E-state index is 11.3. The van der Waals surface area contributed by atoms with Crippen LogP contribution >= 0.6 is 22.9 Å². The number of halogens is 1. The molecule has 7 heteroatoms. The molecular weight excluding hydrogens is 362 g/mol. The number of furan rings is 1. The Labute approximate surface area is 152 Å². The predicted octanol–water partition coefficient (Wildman–Crippen LogP) is 4.78. The highest BCUT2D eigenvalue weighted by atomic mass is 35.5. The summed E-state index contributed by atoms with van der Waals surface area (Å²) in [6, 6.07) is 9.40. The van der Waals surface area contributed by atoms with Gasteiger partial charge in [-0.1, -0.05) is 11.6 Å². The fraction of sp³-hybridized carbons (Fsp3) is 0.167. The number of nitrogens with one attached hydrogen (secondary N) is 1. The third-order valence-electron chi connectivity index (χ3n) is 4.09. The number of thiophene rings is 1. The Bertz CT molecular complexity index is 1010. The molecule has 1 aliphatic rings. The Morgan fingerprint density at radius 3 is 2.92 bits per heavy atom. The van der Waals surface area contributed by atoms with E-state index in [1.54, 1.807) is 17.7 Å². The maximum absolute atomic E-state index is 11.3. The average molecular weight is 376 g/mol.